The second-order valence-corrected chi connectivity index (χ2v) is 7.46. The number of non-ortho nitro benzene ring substituents is 1. The Balaban J connectivity index is 1.77. The zero-order chi connectivity index (χ0) is 20.8. The third-order valence-electron chi connectivity index (χ3n) is 5.43. The van der Waals surface area contributed by atoms with Crippen LogP contribution >= 0.6 is 0 Å². The quantitative estimate of drug-likeness (QED) is 0.524. The van der Waals surface area contributed by atoms with Gasteiger partial charge in [-0.1, -0.05) is 30.3 Å². The van der Waals surface area contributed by atoms with Gasteiger partial charge in [-0.25, -0.2) is 0 Å². The molecule has 0 spiro atoms. The highest BCUT2D eigenvalue weighted by Gasteiger charge is 2.27. The predicted molar refractivity (Wildman–Crippen MR) is 112 cm³/mol. The maximum absolute atomic E-state index is 12.8. The summed E-state index contributed by atoms with van der Waals surface area (Å²) in [4.78, 5) is 25.5. The van der Waals surface area contributed by atoms with Crippen LogP contribution in [-0.4, -0.2) is 40.5 Å². The molecule has 0 saturated carbocycles. The van der Waals surface area contributed by atoms with E-state index in [9.17, 15) is 20.0 Å². The SMILES string of the molecule is Cc1ccc([N+](=O)[O-])cc1NC(=O)CN(CCCO)C1CCCc2ccccc21. The van der Waals surface area contributed by atoms with Gasteiger partial charge >= 0.3 is 0 Å². The molecule has 0 radical (unpaired) electrons. The van der Waals surface area contributed by atoms with Crippen molar-refractivity contribution >= 4 is 17.3 Å². The smallest absolute Gasteiger partial charge is 0.271 e. The van der Waals surface area contributed by atoms with Gasteiger partial charge in [0.2, 0.25) is 5.91 Å². The first-order valence-corrected chi connectivity index (χ1v) is 9.97. The Labute approximate surface area is 170 Å². The maximum atomic E-state index is 12.8. The summed E-state index contributed by atoms with van der Waals surface area (Å²) >= 11 is 0. The van der Waals surface area contributed by atoms with Crippen LogP contribution in [0.15, 0.2) is 42.5 Å². The number of fused-ring (bicyclic) bond motifs is 1. The van der Waals surface area contributed by atoms with Crippen LogP contribution in [0.1, 0.15) is 42.0 Å². The fourth-order valence-electron chi connectivity index (χ4n) is 3.96. The first kappa shape index (κ1) is 21.0. The average Bonchev–Trinajstić information content (AvgIpc) is 2.72. The zero-order valence-electron chi connectivity index (χ0n) is 16.6. The van der Waals surface area contributed by atoms with Crippen molar-refractivity contribution in [2.45, 2.75) is 38.6 Å². The van der Waals surface area contributed by atoms with E-state index in [2.05, 4.69) is 22.3 Å². The largest absolute Gasteiger partial charge is 0.396 e. The van der Waals surface area contributed by atoms with Crippen molar-refractivity contribution in [1.29, 1.82) is 0 Å². The number of carbonyl (C=O) groups excluding carboxylic acids is 1. The molecule has 0 fully saturated rings. The third kappa shape index (κ3) is 5.19. The lowest BCUT2D eigenvalue weighted by atomic mass is 9.86. The van der Waals surface area contributed by atoms with E-state index in [4.69, 9.17) is 0 Å². The summed E-state index contributed by atoms with van der Waals surface area (Å²) in [5.74, 6) is -0.213. The second kappa shape index (κ2) is 9.62. The van der Waals surface area contributed by atoms with Crippen LogP contribution < -0.4 is 5.32 Å². The number of nitrogens with zero attached hydrogens (tertiary/aromatic N) is 2. The number of anilines is 1. The van der Waals surface area contributed by atoms with Crippen molar-refractivity contribution in [1.82, 2.24) is 4.90 Å². The molecule has 7 nitrogen and oxygen atoms in total. The number of carbonyl (C=O) groups is 1. The van der Waals surface area contributed by atoms with Crippen molar-refractivity contribution in [3.63, 3.8) is 0 Å². The number of hydrogen-bond donors (Lipinski definition) is 2. The molecule has 7 heteroatoms. The summed E-state index contributed by atoms with van der Waals surface area (Å²) in [5, 5.41) is 23.2. The van der Waals surface area contributed by atoms with Gasteiger partial charge in [0.25, 0.3) is 5.69 Å². The Kier molecular flexibility index (Phi) is 6.95. The number of nitro groups is 1. The Hall–Kier alpha value is -2.77. The molecular weight excluding hydrogens is 370 g/mol. The van der Waals surface area contributed by atoms with Crippen molar-refractivity contribution in [2.75, 3.05) is 25.0 Å². The van der Waals surface area contributed by atoms with Crippen molar-refractivity contribution in [3.8, 4) is 0 Å². The predicted octanol–water partition coefficient (Wildman–Crippen LogP) is 3.60. The number of aliphatic hydroxyl groups is 1. The number of hydrogen-bond acceptors (Lipinski definition) is 5. The van der Waals surface area contributed by atoms with Gasteiger partial charge < -0.3 is 10.4 Å². The molecule has 1 atom stereocenters. The molecule has 154 valence electrons. The molecule has 0 bridgehead atoms. The summed E-state index contributed by atoms with van der Waals surface area (Å²) in [6.07, 6.45) is 3.65. The van der Waals surface area contributed by atoms with E-state index in [0.717, 1.165) is 24.8 Å². The van der Waals surface area contributed by atoms with E-state index in [1.807, 2.05) is 12.1 Å². The van der Waals surface area contributed by atoms with Gasteiger partial charge in [0.1, 0.15) is 0 Å². The normalized spacial score (nSPS) is 15.8. The number of amides is 1. The Morgan fingerprint density at radius 3 is 2.86 bits per heavy atom. The van der Waals surface area contributed by atoms with E-state index in [-0.39, 0.29) is 30.8 Å². The number of benzene rings is 2. The second-order valence-electron chi connectivity index (χ2n) is 7.46. The Morgan fingerprint density at radius 1 is 1.31 bits per heavy atom. The van der Waals surface area contributed by atoms with E-state index in [1.54, 1.807) is 13.0 Å². The molecule has 0 saturated heterocycles. The minimum Gasteiger partial charge on any atom is -0.396 e. The Morgan fingerprint density at radius 2 is 2.10 bits per heavy atom. The van der Waals surface area contributed by atoms with Crippen LogP contribution in [0.5, 0.6) is 0 Å². The third-order valence-corrected chi connectivity index (χ3v) is 5.43. The molecule has 2 aromatic rings. The van der Waals surface area contributed by atoms with E-state index < -0.39 is 4.92 Å². The number of nitrogens with one attached hydrogen (secondary N) is 1. The van der Waals surface area contributed by atoms with Crippen LogP contribution in [-0.2, 0) is 11.2 Å². The summed E-state index contributed by atoms with van der Waals surface area (Å²) in [5.41, 5.74) is 3.73. The summed E-state index contributed by atoms with van der Waals surface area (Å²) in [7, 11) is 0. The van der Waals surface area contributed by atoms with Gasteiger partial charge in [0, 0.05) is 31.3 Å². The van der Waals surface area contributed by atoms with Gasteiger partial charge in [-0.15, -0.1) is 0 Å². The molecule has 2 N–H and O–H groups in total. The molecular formula is C22H27N3O4. The summed E-state index contributed by atoms with van der Waals surface area (Å²) < 4.78 is 0. The van der Waals surface area contributed by atoms with Crippen LogP contribution in [0.4, 0.5) is 11.4 Å². The molecule has 0 aliphatic heterocycles. The summed E-state index contributed by atoms with van der Waals surface area (Å²) in [6, 6.07) is 12.9. The standard InChI is InChI=1S/C22H27N3O4/c1-16-10-11-18(25(28)29)14-20(16)23-22(27)15-24(12-5-13-26)21-9-4-7-17-6-2-3-8-19(17)21/h2-3,6,8,10-11,14,21,26H,4-5,7,9,12-13,15H2,1H3,(H,23,27). The molecule has 1 aliphatic rings. The van der Waals surface area contributed by atoms with Crippen LogP contribution in [0.2, 0.25) is 0 Å². The van der Waals surface area contributed by atoms with E-state index >= 15 is 0 Å². The highest BCUT2D eigenvalue weighted by atomic mass is 16.6. The Bertz CT molecular complexity index is 884. The monoisotopic (exact) mass is 397 g/mol. The number of nitro benzene ring substituents is 1. The van der Waals surface area contributed by atoms with Gasteiger partial charge in [0.15, 0.2) is 0 Å². The van der Waals surface area contributed by atoms with Crippen LogP contribution in [0, 0.1) is 17.0 Å². The van der Waals surface area contributed by atoms with Gasteiger partial charge in [-0.2, -0.15) is 0 Å². The van der Waals surface area contributed by atoms with Crippen LogP contribution in [0.25, 0.3) is 0 Å². The first-order chi connectivity index (χ1) is 14.0. The van der Waals surface area contributed by atoms with Crippen LogP contribution in [0.3, 0.4) is 0 Å². The molecule has 1 amide bonds. The minimum absolute atomic E-state index is 0.0516. The van der Waals surface area contributed by atoms with E-state index in [1.165, 1.54) is 23.3 Å². The molecule has 1 aliphatic carbocycles. The molecule has 2 aromatic carbocycles. The van der Waals surface area contributed by atoms with Crippen molar-refractivity contribution < 1.29 is 14.8 Å². The van der Waals surface area contributed by atoms with Crippen molar-refractivity contribution in [2.24, 2.45) is 0 Å². The summed E-state index contributed by atoms with van der Waals surface area (Å²) in [6.45, 7) is 2.65. The van der Waals surface area contributed by atoms with Gasteiger partial charge in [-0.3, -0.25) is 19.8 Å². The molecule has 1 unspecified atom stereocenters. The molecule has 0 aromatic heterocycles. The molecule has 3 rings (SSSR count). The highest BCUT2D eigenvalue weighted by molar-refractivity contribution is 5.93. The highest BCUT2D eigenvalue weighted by Crippen LogP contribution is 2.34. The fourth-order valence-corrected chi connectivity index (χ4v) is 3.96. The van der Waals surface area contributed by atoms with Gasteiger partial charge in [0.05, 0.1) is 17.2 Å². The lowest BCUT2D eigenvalue weighted by molar-refractivity contribution is -0.384. The number of rotatable bonds is 8. The number of aliphatic hydroxyl groups excluding tert-OH is 1. The van der Waals surface area contributed by atoms with E-state index in [0.29, 0.717) is 18.7 Å². The molecule has 29 heavy (non-hydrogen) atoms. The average molecular weight is 397 g/mol. The van der Waals surface area contributed by atoms with Gasteiger partial charge in [-0.05, 0) is 49.3 Å². The number of aryl methyl sites for hydroxylation is 2. The lowest BCUT2D eigenvalue weighted by Crippen LogP contribution is -2.38. The maximum Gasteiger partial charge on any atom is 0.271 e. The lowest BCUT2D eigenvalue weighted by Gasteiger charge is -2.35. The fraction of sp³-hybridized carbons (Fsp3) is 0.409. The van der Waals surface area contributed by atoms with Crippen molar-refractivity contribution in [3.05, 3.63) is 69.3 Å². The zero-order valence-corrected chi connectivity index (χ0v) is 16.6. The first-order valence-electron chi connectivity index (χ1n) is 9.97. The topological polar surface area (TPSA) is 95.7 Å². The minimum atomic E-state index is -0.471. The molecule has 0 heterocycles.